The van der Waals surface area contributed by atoms with E-state index in [-0.39, 0.29) is 18.5 Å². The minimum atomic E-state index is -0.300. The molecule has 132 valence electrons. The smallest absolute Gasteiger partial charge is 0.306 e. The van der Waals surface area contributed by atoms with Crippen LogP contribution in [0.3, 0.4) is 0 Å². The highest BCUT2D eigenvalue weighted by Crippen LogP contribution is 2.39. The molecule has 1 aliphatic heterocycles. The van der Waals surface area contributed by atoms with Crippen molar-refractivity contribution < 1.29 is 14.3 Å². The Labute approximate surface area is 151 Å². The monoisotopic (exact) mass is 367 g/mol. The van der Waals surface area contributed by atoms with Gasteiger partial charge in [0.15, 0.2) is 6.61 Å². The second-order valence-corrected chi connectivity index (χ2v) is 8.87. The molecule has 24 heavy (non-hydrogen) atoms. The van der Waals surface area contributed by atoms with Gasteiger partial charge >= 0.3 is 5.97 Å². The van der Waals surface area contributed by atoms with E-state index in [1.807, 2.05) is 53.6 Å². The summed E-state index contributed by atoms with van der Waals surface area (Å²) < 4.78 is 5.04. The number of anilines is 1. The lowest BCUT2D eigenvalue weighted by atomic mass is 10.1. The average Bonchev–Trinajstić information content (AvgIpc) is 3.06. The van der Waals surface area contributed by atoms with Crippen LogP contribution in [0.1, 0.15) is 43.2 Å². The van der Waals surface area contributed by atoms with Gasteiger partial charge in [-0.1, -0.05) is 34.1 Å². The van der Waals surface area contributed by atoms with Gasteiger partial charge in [0, 0.05) is 23.1 Å². The third-order valence-electron chi connectivity index (χ3n) is 4.04. The fourth-order valence-corrected chi connectivity index (χ4v) is 5.47. The van der Waals surface area contributed by atoms with Crippen LogP contribution in [-0.2, 0) is 14.3 Å². The molecule has 1 N–H and O–H groups in total. The maximum Gasteiger partial charge on any atom is 0.306 e. The molecule has 0 radical (unpaired) electrons. The highest BCUT2D eigenvalue weighted by molar-refractivity contribution is 8.77. The largest absolute Gasteiger partial charge is 0.456 e. The molecule has 1 heterocycles. The molecule has 2 rings (SSSR count). The number of rotatable bonds is 8. The van der Waals surface area contributed by atoms with Gasteiger partial charge in [-0.15, -0.1) is 0 Å². The van der Waals surface area contributed by atoms with Crippen molar-refractivity contribution in [3.63, 3.8) is 0 Å². The van der Waals surface area contributed by atoms with Gasteiger partial charge in [0.05, 0.1) is 0 Å². The Morgan fingerprint density at radius 1 is 1.25 bits per heavy atom. The van der Waals surface area contributed by atoms with Gasteiger partial charge in [0.2, 0.25) is 0 Å². The van der Waals surface area contributed by atoms with E-state index in [1.165, 1.54) is 17.7 Å². The molecule has 0 aromatic heterocycles. The quantitative estimate of drug-likeness (QED) is 0.416. The minimum Gasteiger partial charge on any atom is -0.456 e. The summed E-state index contributed by atoms with van der Waals surface area (Å²) in [7, 11) is 3.91. The highest BCUT2D eigenvalue weighted by atomic mass is 33.1. The topological polar surface area (TPSA) is 55.4 Å². The molecule has 0 bridgehead atoms. The van der Waals surface area contributed by atoms with Crippen LogP contribution in [0.4, 0.5) is 5.69 Å². The number of unbranched alkanes of at least 4 members (excludes halogenated alkanes) is 1. The first-order chi connectivity index (χ1) is 11.5. The SMILES string of the molecule is Cc1ccc(NC(=O)COC(=O)CCCC[C@H]2CCSS2)cc1C. The molecule has 6 heteroatoms. The van der Waals surface area contributed by atoms with Crippen molar-refractivity contribution >= 4 is 39.2 Å². The normalized spacial score (nSPS) is 16.8. The first-order valence-electron chi connectivity index (χ1n) is 8.35. The van der Waals surface area contributed by atoms with Gasteiger partial charge < -0.3 is 10.1 Å². The maximum absolute atomic E-state index is 11.8. The number of esters is 1. The summed E-state index contributed by atoms with van der Waals surface area (Å²) in [5.41, 5.74) is 3.02. The number of carbonyl (C=O) groups is 2. The van der Waals surface area contributed by atoms with Crippen LogP contribution in [0, 0.1) is 13.8 Å². The number of nitrogens with one attached hydrogen (secondary N) is 1. The molecular weight excluding hydrogens is 342 g/mol. The molecule has 1 atom stereocenters. The molecule has 1 saturated heterocycles. The van der Waals surface area contributed by atoms with Crippen LogP contribution in [0.2, 0.25) is 0 Å². The second kappa shape index (κ2) is 9.99. The van der Waals surface area contributed by atoms with Crippen LogP contribution in [-0.4, -0.2) is 29.5 Å². The standard InChI is InChI=1S/C18H25NO3S2/c1-13-7-8-15(11-14(13)2)19-17(20)12-22-18(21)6-4-3-5-16-9-10-23-24-16/h7-8,11,16H,3-6,9-10,12H2,1-2H3,(H,19,20)/t16-/m0/s1. The van der Waals surface area contributed by atoms with Crippen molar-refractivity contribution in [2.45, 2.75) is 51.2 Å². The van der Waals surface area contributed by atoms with E-state index in [0.29, 0.717) is 6.42 Å². The van der Waals surface area contributed by atoms with E-state index in [2.05, 4.69) is 5.32 Å². The predicted molar refractivity (Wildman–Crippen MR) is 102 cm³/mol. The fraction of sp³-hybridized carbons (Fsp3) is 0.556. The number of carbonyl (C=O) groups excluding carboxylic acids is 2. The summed E-state index contributed by atoms with van der Waals surface area (Å²) in [6, 6.07) is 5.72. The molecule has 0 unspecified atom stereocenters. The molecule has 1 amide bonds. The average molecular weight is 368 g/mol. The Kier molecular flexibility index (Phi) is 7.99. The van der Waals surface area contributed by atoms with Crippen molar-refractivity contribution in [1.82, 2.24) is 0 Å². The van der Waals surface area contributed by atoms with Crippen molar-refractivity contribution in [2.24, 2.45) is 0 Å². The number of hydrogen-bond acceptors (Lipinski definition) is 5. The van der Waals surface area contributed by atoms with Gasteiger partial charge in [-0.2, -0.15) is 0 Å². The molecule has 0 spiro atoms. The first kappa shape index (κ1) is 19.2. The van der Waals surface area contributed by atoms with Crippen molar-refractivity contribution in [2.75, 3.05) is 17.7 Å². The molecule has 1 aromatic rings. The summed E-state index contributed by atoms with van der Waals surface area (Å²) in [6.07, 6.45) is 4.71. The van der Waals surface area contributed by atoms with Crippen LogP contribution >= 0.6 is 21.6 Å². The summed E-state index contributed by atoms with van der Waals surface area (Å²) in [4.78, 5) is 23.5. The van der Waals surface area contributed by atoms with Gasteiger partial charge in [-0.25, -0.2) is 0 Å². The van der Waals surface area contributed by atoms with Gasteiger partial charge in [-0.05, 0) is 56.4 Å². The van der Waals surface area contributed by atoms with Gasteiger partial charge in [0.25, 0.3) is 5.91 Å². The number of aryl methyl sites for hydroxylation is 2. The molecule has 0 saturated carbocycles. The van der Waals surface area contributed by atoms with E-state index in [9.17, 15) is 9.59 Å². The number of hydrogen-bond donors (Lipinski definition) is 1. The summed E-state index contributed by atoms with van der Waals surface area (Å²) in [5.74, 6) is 0.650. The van der Waals surface area contributed by atoms with Crippen LogP contribution in [0.15, 0.2) is 18.2 Å². The highest BCUT2D eigenvalue weighted by Gasteiger charge is 2.16. The van der Waals surface area contributed by atoms with Crippen LogP contribution in [0.5, 0.6) is 0 Å². The molecule has 1 aromatic carbocycles. The Bertz CT molecular complexity index is 571. The van der Waals surface area contributed by atoms with Crippen LogP contribution < -0.4 is 5.32 Å². The minimum absolute atomic E-state index is 0.221. The van der Waals surface area contributed by atoms with Gasteiger partial charge in [-0.3, -0.25) is 9.59 Å². The van der Waals surface area contributed by atoms with Crippen molar-refractivity contribution in [3.05, 3.63) is 29.3 Å². The molecular formula is C18H25NO3S2. The number of amides is 1. The maximum atomic E-state index is 11.8. The van der Waals surface area contributed by atoms with E-state index >= 15 is 0 Å². The molecule has 0 aliphatic carbocycles. The predicted octanol–water partition coefficient (Wildman–Crippen LogP) is 4.50. The summed E-state index contributed by atoms with van der Waals surface area (Å²) in [5, 5.41) is 3.49. The first-order valence-corrected chi connectivity index (χ1v) is 10.7. The fourth-order valence-electron chi connectivity index (χ4n) is 2.44. The lowest BCUT2D eigenvalue weighted by molar-refractivity contribution is -0.147. The van der Waals surface area contributed by atoms with E-state index < -0.39 is 0 Å². The van der Waals surface area contributed by atoms with E-state index in [1.54, 1.807) is 0 Å². The summed E-state index contributed by atoms with van der Waals surface area (Å²) >= 11 is 0. The Morgan fingerprint density at radius 3 is 2.79 bits per heavy atom. The Hall–Kier alpha value is -1.14. The zero-order chi connectivity index (χ0) is 17.4. The van der Waals surface area contributed by atoms with Crippen molar-refractivity contribution in [1.29, 1.82) is 0 Å². The lowest BCUT2D eigenvalue weighted by Gasteiger charge is -2.09. The second-order valence-electron chi connectivity index (χ2n) is 6.08. The third-order valence-corrected chi connectivity index (χ3v) is 7.05. The van der Waals surface area contributed by atoms with Crippen molar-refractivity contribution in [3.8, 4) is 0 Å². The Morgan fingerprint density at radius 2 is 2.08 bits per heavy atom. The van der Waals surface area contributed by atoms with Gasteiger partial charge in [0.1, 0.15) is 0 Å². The Balaban J connectivity index is 1.58. The molecule has 1 aliphatic rings. The van der Waals surface area contributed by atoms with Crippen LogP contribution in [0.25, 0.3) is 0 Å². The van der Waals surface area contributed by atoms with E-state index in [0.717, 1.165) is 35.8 Å². The molecule has 4 nitrogen and oxygen atoms in total. The molecule has 1 fully saturated rings. The summed E-state index contributed by atoms with van der Waals surface area (Å²) in [6.45, 7) is 3.79. The van der Waals surface area contributed by atoms with E-state index in [4.69, 9.17) is 4.74 Å². The number of ether oxygens (including phenoxy) is 1. The third kappa shape index (κ3) is 6.77. The zero-order valence-electron chi connectivity index (χ0n) is 14.3. The lowest BCUT2D eigenvalue weighted by Crippen LogP contribution is -2.20. The zero-order valence-corrected chi connectivity index (χ0v) is 15.9. The number of benzene rings is 1.